The van der Waals surface area contributed by atoms with Gasteiger partial charge in [0.1, 0.15) is 5.82 Å². The van der Waals surface area contributed by atoms with Crippen LogP contribution in [0.1, 0.15) is 12.0 Å². The van der Waals surface area contributed by atoms with Crippen molar-refractivity contribution < 1.29 is 13.2 Å². The Morgan fingerprint density at radius 1 is 1.47 bits per heavy atom. The summed E-state index contributed by atoms with van der Waals surface area (Å²) < 4.78 is 37.1. The second-order valence-electron chi connectivity index (χ2n) is 3.63. The molecule has 1 rings (SSSR count). The molecular formula is C10H13BrF3N3. The number of alkyl halides is 3. The fraction of sp³-hybridized carbons (Fsp3) is 0.500. The second-order valence-corrected chi connectivity index (χ2v) is 4.54. The maximum atomic E-state index is 12.1. The minimum absolute atomic E-state index is 0.134. The maximum absolute atomic E-state index is 12.1. The van der Waals surface area contributed by atoms with Gasteiger partial charge in [0.2, 0.25) is 0 Å². The number of aromatic nitrogens is 1. The Balaban J connectivity index is 2.78. The highest BCUT2D eigenvalue weighted by Gasteiger charge is 2.27. The fourth-order valence-corrected chi connectivity index (χ4v) is 1.75. The Morgan fingerprint density at radius 3 is 2.65 bits per heavy atom. The molecule has 0 aromatic carbocycles. The van der Waals surface area contributed by atoms with Gasteiger partial charge in [-0.25, -0.2) is 4.98 Å². The first kappa shape index (κ1) is 14.2. The molecule has 0 aliphatic rings. The van der Waals surface area contributed by atoms with Gasteiger partial charge >= 0.3 is 6.18 Å². The summed E-state index contributed by atoms with van der Waals surface area (Å²) in [6, 6.07) is 1.76. The minimum atomic E-state index is -4.16. The first-order valence-electron chi connectivity index (χ1n) is 4.96. The van der Waals surface area contributed by atoms with Crippen LogP contribution >= 0.6 is 15.9 Å². The molecule has 17 heavy (non-hydrogen) atoms. The minimum Gasteiger partial charge on any atom is -0.359 e. The molecule has 96 valence electrons. The zero-order valence-electron chi connectivity index (χ0n) is 9.26. The van der Waals surface area contributed by atoms with Gasteiger partial charge in [-0.05, 0) is 22.0 Å². The lowest BCUT2D eigenvalue weighted by atomic mass is 10.2. The number of pyridine rings is 1. The van der Waals surface area contributed by atoms with Gasteiger partial charge in [-0.3, -0.25) is 0 Å². The van der Waals surface area contributed by atoms with Gasteiger partial charge in [0, 0.05) is 36.4 Å². The Morgan fingerprint density at radius 2 is 2.12 bits per heavy atom. The van der Waals surface area contributed by atoms with E-state index < -0.39 is 12.6 Å². The van der Waals surface area contributed by atoms with Crippen molar-refractivity contribution in [3.63, 3.8) is 0 Å². The number of nitrogens with zero attached hydrogens (tertiary/aromatic N) is 2. The molecule has 2 N–H and O–H groups in total. The third-order valence-electron chi connectivity index (χ3n) is 2.22. The molecule has 1 aromatic rings. The Kier molecular flexibility index (Phi) is 4.76. The van der Waals surface area contributed by atoms with Crippen molar-refractivity contribution in [3.05, 3.63) is 22.3 Å². The number of anilines is 1. The van der Waals surface area contributed by atoms with E-state index in [2.05, 4.69) is 20.9 Å². The van der Waals surface area contributed by atoms with Crippen molar-refractivity contribution >= 4 is 21.7 Å². The van der Waals surface area contributed by atoms with Crippen molar-refractivity contribution in [2.75, 3.05) is 18.5 Å². The van der Waals surface area contributed by atoms with E-state index in [1.165, 1.54) is 4.90 Å². The van der Waals surface area contributed by atoms with E-state index in [0.29, 0.717) is 11.4 Å². The van der Waals surface area contributed by atoms with Crippen LogP contribution in [0.3, 0.4) is 0 Å². The molecule has 1 heterocycles. The smallest absolute Gasteiger partial charge is 0.359 e. The predicted molar refractivity (Wildman–Crippen MR) is 63.8 cm³/mol. The summed E-state index contributed by atoms with van der Waals surface area (Å²) in [5, 5.41) is 0. The van der Waals surface area contributed by atoms with E-state index in [9.17, 15) is 13.2 Å². The highest BCUT2D eigenvalue weighted by atomic mass is 79.9. The average Bonchev–Trinajstić information content (AvgIpc) is 2.24. The molecule has 0 saturated heterocycles. The standard InChI is InChI=1S/C10H13BrF3N3/c1-17(3-2-10(12,13)14)9-7(5-15)4-8(11)6-16-9/h4,6H,2-3,5,15H2,1H3. The SMILES string of the molecule is CN(CCC(F)(F)F)c1ncc(Br)cc1CN. The molecule has 7 heteroatoms. The van der Waals surface area contributed by atoms with Crippen molar-refractivity contribution in [2.24, 2.45) is 5.73 Å². The van der Waals surface area contributed by atoms with Crippen molar-refractivity contribution in [1.29, 1.82) is 0 Å². The van der Waals surface area contributed by atoms with Crippen LogP contribution in [0.2, 0.25) is 0 Å². The summed E-state index contributed by atoms with van der Waals surface area (Å²) in [5.74, 6) is 0.486. The lowest BCUT2D eigenvalue weighted by molar-refractivity contribution is -0.132. The van der Waals surface area contributed by atoms with Crippen molar-refractivity contribution in [2.45, 2.75) is 19.1 Å². The maximum Gasteiger partial charge on any atom is 0.390 e. The van der Waals surface area contributed by atoms with E-state index >= 15 is 0 Å². The first-order chi connectivity index (χ1) is 7.83. The third kappa shape index (κ3) is 4.51. The Hall–Kier alpha value is -0.820. The molecule has 0 fully saturated rings. The molecule has 0 saturated carbocycles. The predicted octanol–water partition coefficient (Wildman–Crippen LogP) is 2.69. The van der Waals surface area contributed by atoms with E-state index in [1.807, 2.05) is 0 Å². The van der Waals surface area contributed by atoms with Crippen LogP contribution in [-0.2, 0) is 6.54 Å². The fourth-order valence-electron chi connectivity index (χ4n) is 1.37. The largest absolute Gasteiger partial charge is 0.390 e. The first-order valence-corrected chi connectivity index (χ1v) is 5.75. The number of halogens is 4. The summed E-state index contributed by atoms with van der Waals surface area (Å²) in [6.45, 7) is 0.100. The number of hydrogen-bond acceptors (Lipinski definition) is 3. The molecule has 0 aliphatic carbocycles. The highest BCUT2D eigenvalue weighted by Crippen LogP contribution is 2.24. The highest BCUT2D eigenvalue weighted by molar-refractivity contribution is 9.10. The molecule has 1 aromatic heterocycles. The number of hydrogen-bond donors (Lipinski definition) is 1. The number of rotatable bonds is 4. The quantitative estimate of drug-likeness (QED) is 0.929. The van der Waals surface area contributed by atoms with Crippen molar-refractivity contribution in [3.8, 4) is 0 Å². The molecule has 0 spiro atoms. The van der Waals surface area contributed by atoms with Crippen LogP contribution < -0.4 is 10.6 Å². The number of nitrogens with two attached hydrogens (primary N) is 1. The van der Waals surface area contributed by atoms with E-state index in [1.54, 1.807) is 19.3 Å². The Labute approximate surface area is 106 Å². The van der Waals surface area contributed by atoms with Crippen LogP contribution in [0.4, 0.5) is 19.0 Å². The van der Waals surface area contributed by atoms with Crippen LogP contribution in [0.15, 0.2) is 16.7 Å². The van der Waals surface area contributed by atoms with Gasteiger partial charge in [-0.2, -0.15) is 13.2 Å². The zero-order valence-corrected chi connectivity index (χ0v) is 10.8. The monoisotopic (exact) mass is 311 g/mol. The second kappa shape index (κ2) is 5.68. The molecule has 0 aliphatic heterocycles. The summed E-state index contributed by atoms with van der Waals surface area (Å²) >= 11 is 3.24. The van der Waals surface area contributed by atoms with Gasteiger partial charge in [-0.15, -0.1) is 0 Å². The topological polar surface area (TPSA) is 42.2 Å². The van der Waals surface area contributed by atoms with Gasteiger partial charge in [0.05, 0.1) is 6.42 Å². The summed E-state index contributed by atoms with van der Waals surface area (Å²) in [5.41, 5.74) is 6.24. The summed E-state index contributed by atoms with van der Waals surface area (Å²) in [7, 11) is 1.57. The molecule has 0 atom stereocenters. The zero-order chi connectivity index (χ0) is 13.1. The van der Waals surface area contributed by atoms with E-state index in [4.69, 9.17) is 5.73 Å². The summed E-state index contributed by atoms with van der Waals surface area (Å²) in [4.78, 5) is 5.54. The van der Waals surface area contributed by atoms with Gasteiger partial charge in [0.15, 0.2) is 0 Å². The lowest BCUT2D eigenvalue weighted by Gasteiger charge is -2.21. The normalized spacial score (nSPS) is 11.6. The molecule has 0 unspecified atom stereocenters. The van der Waals surface area contributed by atoms with Crippen LogP contribution in [0, 0.1) is 0 Å². The molecule has 0 bridgehead atoms. The molecule has 3 nitrogen and oxygen atoms in total. The molecular weight excluding hydrogens is 299 g/mol. The molecule has 0 radical (unpaired) electrons. The molecule has 0 amide bonds. The summed E-state index contributed by atoms with van der Waals surface area (Å²) in [6.07, 6.45) is -3.49. The van der Waals surface area contributed by atoms with E-state index in [0.717, 1.165) is 4.47 Å². The van der Waals surface area contributed by atoms with Crippen molar-refractivity contribution in [1.82, 2.24) is 4.98 Å². The lowest BCUT2D eigenvalue weighted by Crippen LogP contribution is -2.26. The van der Waals surface area contributed by atoms with Gasteiger partial charge < -0.3 is 10.6 Å². The average molecular weight is 312 g/mol. The van der Waals surface area contributed by atoms with Crippen LogP contribution in [0.25, 0.3) is 0 Å². The van der Waals surface area contributed by atoms with Gasteiger partial charge in [-0.1, -0.05) is 0 Å². The van der Waals surface area contributed by atoms with Crippen LogP contribution in [-0.4, -0.2) is 24.8 Å². The third-order valence-corrected chi connectivity index (χ3v) is 2.66. The van der Waals surface area contributed by atoms with Crippen LogP contribution in [0.5, 0.6) is 0 Å². The van der Waals surface area contributed by atoms with Gasteiger partial charge in [0.25, 0.3) is 0 Å². The van der Waals surface area contributed by atoms with E-state index in [-0.39, 0.29) is 13.1 Å². The Bertz CT molecular complexity index is 382.